The molecule has 2 aromatic rings. The molecule has 2 heterocycles. The molecule has 0 saturated heterocycles. The molecule has 1 aliphatic rings. The second-order valence-electron chi connectivity index (χ2n) is 7.58. The van der Waals surface area contributed by atoms with E-state index in [1.54, 1.807) is 18.6 Å². The summed E-state index contributed by atoms with van der Waals surface area (Å²) < 4.78 is 0. The van der Waals surface area contributed by atoms with Gasteiger partial charge in [-0.1, -0.05) is 20.8 Å². The van der Waals surface area contributed by atoms with E-state index in [9.17, 15) is 4.79 Å². The van der Waals surface area contributed by atoms with E-state index in [-0.39, 0.29) is 23.4 Å². The van der Waals surface area contributed by atoms with Crippen LogP contribution in [-0.4, -0.2) is 32.9 Å². The molecule has 0 aromatic carbocycles. The Bertz CT molecular complexity index is 726. The van der Waals surface area contributed by atoms with Crippen molar-refractivity contribution >= 4 is 11.9 Å². The zero-order valence-corrected chi connectivity index (χ0v) is 15.0. The molecule has 2 aromatic heterocycles. The lowest BCUT2D eigenvalue weighted by atomic mass is 9.95. The summed E-state index contributed by atoms with van der Waals surface area (Å²) in [5.74, 6) is 0.733. The molecule has 0 aliphatic heterocycles. The molecule has 1 aliphatic carbocycles. The lowest BCUT2D eigenvalue weighted by Gasteiger charge is -2.21. The van der Waals surface area contributed by atoms with Crippen molar-refractivity contribution in [3.8, 4) is 11.3 Å². The minimum atomic E-state index is -0.354. The second-order valence-corrected chi connectivity index (χ2v) is 7.58. The first-order chi connectivity index (χ1) is 11.9. The number of aromatic nitrogens is 3. The molecule has 132 valence electrons. The van der Waals surface area contributed by atoms with Crippen molar-refractivity contribution in [2.45, 2.75) is 52.1 Å². The van der Waals surface area contributed by atoms with Crippen LogP contribution in [0.1, 0.15) is 40.0 Å². The number of anilines is 1. The highest BCUT2D eigenvalue weighted by Gasteiger charge is 2.29. The van der Waals surface area contributed by atoms with Gasteiger partial charge in [0.1, 0.15) is 0 Å². The van der Waals surface area contributed by atoms with E-state index in [2.05, 4.69) is 25.6 Å². The van der Waals surface area contributed by atoms with Crippen LogP contribution < -0.4 is 10.6 Å². The fourth-order valence-corrected chi connectivity index (χ4v) is 2.94. The predicted molar refractivity (Wildman–Crippen MR) is 97.9 cm³/mol. The number of nitrogens with one attached hydrogen (secondary N) is 2. The third-order valence-corrected chi connectivity index (χ3v) is 4.41. The molecule has 1 amide bonds. The van der Waals surface area contributed by atoms with E-state index in [0.717, 1.165) is 30.5 Å². The fourth-order valence-electron chi connectivity index (χ4n) is 2.94. The molecule has 3 rings (SSSR count). The Balaban J connectivity index is 1.60. The fraction of sp³-hybridized carbons (Fsp3) is 0.474. The normalized spacial score (nSPS) is 20.3. The Morgan fingerprint density at radius 3 is 2.52 bits per heavy atom. The number of hydrogen-bond acceptors (Lipinski definition) is 5. The van der Waals surface area contributed by atoms with Gasteiger partial charge in [0.05, 0.1) is 5.69 Å². The van der Waals surface area contributed by atoms with Crippen molar-refractivity contribution in [1.29, 1.82) is 0 Å². The average molecular weight is 339 g/mol. The van der Waals surface area contributed by atoms with Crippen LogP contribution in [0.2, 0.25) is 0 Å². The van der Waals surface area contributed by atoms with Gasteiger partial charge in [0, 0.05) is 41.7 Å². The number of carbonyl (C=O) groups is 1. The van der Waals surface area contributed by atoms with Gasteiger partial charge in [0.2, 0.25) is 11.9 Å². The summed E-state index contributed by atoms with van der Waals surface area (Å²) >= 11 is 0. The summed E-state index contributed by atoms with van der Waals surface area (Å²) in [5.41, 5.74) is 1.53. The molecule has 0 unspecified atom stereocenters. The average Bonchev–Trinajstić information content (AvgIpc) is 3.02. The number of rotatable bonds is 4. The maximum absolute atomic E-state index is 12.1. The monoisotopic (exact) mass is 339 g/mol. The maximum atomic E-state index is 12.1. The van der Waals surface area contributed by atoms with Crippen LogP contribution >= 0.6 is 0 Å². The summed E-state index contributed by atoms with van der Waals surface area (Å²) in [4.78, 5) is 25.1. The minimum Gasteiger partial charge on any atom is -0.353 e. The first kappa shape index (κ1) is 17.3. The van der Waals surface area contributed by atoms with Gasteiger partial charge in [-0.15, -0.1) is 0 Å². The van der Waals surface area contributed by atoms with Crippen LogP contribution in [-0.2, 0) is 4.79 Å². The molecule has 6 heteroatoms. The highest BCUT2D eigenvalue weighted by molar-refractivity contribution is 5.81. The van der Waals surface area contributed by atoms with Gasteiger partial charge in [0.15, 0.2) is 0 Å². The topological polar surface area (TPSA) is 79.8 Å². The van der Waals surface area contributed by atoms with E-state index in [0.29, 0.717) is 5.95 Å². The maximum Gasteiger partial charge on any atom is 0.225 e. The molecule has 2 N–H and O–H groups in total. The van der Waals surface area contributed by atoms with Gasteiger partial charge < -0.3 is 10.6 Å². The van der Waals surface area contributed by atoms with Gasteiger partial charge >= 0.3 is 0 Å². The first-order valence-corrected chi connectivity index (χ1v) is 8.73. The summed E-state index contributed by atoms with van der Waals surface area (Å²) in [6.45, 7) is 5.81. The number of carbonyl (C=O) groups excluding carboxylic acids is 1. The number of hydrogen-bond donors (Lipinski definition) is 2. The molecule has 0 radical (unpaired) electrons. The van der Waals surface area contributed by atoms with Crippen LogP contribution in [0.3, 0.4) is 0 Å². The van der Waals surface area contributed by atoms with Gasteiger partial charge in [-0.05, 0) is 37.5 Å². The Morgan fingerprint density at radius 1 is 1.08 bits per heavy atom. The van der Waals surface area contributed by atoms with E-state index in [1.165, 1.54) is 0 Å². The molecular formula is C19H25N5O. The Labute approximate surface area is 148 Å². The van der Waals surface area contributed by atoms with E-state index < -0.39 is 0 Å². The second kappa shape index (κ2) is 7.17. The van der Waals surface area contributed by atoms with Gasteiger partial charge in [-0.2, -0.15) is 0 Å². The van der Waals surface area contributed by atoms with Gasteiger partial charge in [-0.3, -0.25) is 9.78 Å². The Morgan fingerprint density at radius 2 is 1.80 bits per heavy atom. The smallest absolute Gasteiger partial charge is 0.225 e. The molecule has 25 heavy (non-hydrogen) atoms. The number of pyridine rings is 1. The number of amides is 1. The Kier molecular flexibility index (Phi) is 4.97. The third kappa shape index (κ3) is 4.53. The molecular weight excluding hydrogens is 314 g/mol. The molecule has 6 nitrogen and oxygen atoms in total. The Hall–Kier alpha value is -2.50. The largest absolute Gasteiger partial charge is 0.353 e. The summed E-state index contributed by atoms with van der Waals surface area (Å²) in [6, 6.07) is 6.24. The van der Waals surface area contributed by atoms with Crippen LogP contribution in [0, 0.1) is 5.41 Å². The third-order valence-electron chi connectivity index (χ3n) is 4.41. The standard InChI is InChI=1S/C19H25N5O/c1-19(2,3)17(25)22-14-4-5-15(12-14)23-18-21-11-8-16(24-18)13-6-9-20-10-7-13/h6-11,14-15H,4-5,12H2,1-3H3,(H,22,25)(H,21,23,24)/t14-,15-/m0/s1. The van der Waals surface area contributed by atoms with E-state index in [4.69, 9.17) is 0 Å². The lowest BCUT2D eigenvalue weighted by molar-refractivity contribution is -0.129. The van der Waals surface area contributed by atoms with Crippen molar-refractivity contribution < 1.29 is 4.79 Å². The molecule has 0 spiro atoms. The summed E-state index contributed by atoms with van der Waals surface area (Å²) in [7, 11) is 0. The number of nitrogens with zero attached hydrogens (tertiary/aromatic N) is 3. The lowest BCUT2D eigenvalue weighted by Crippen LogP contribution is -2.41. The quantitative estimate of drug-likeness (QED) is 0.895. The van der Waals surface area contributed by atoms with Crippen molar-refractivity contribution in [2.75, 3.05) is 5.32 Å². The van der Waals surface area contributed by atoms with Gasteiger partial charge in [-0.25, -0.2) is 9.97 Å². The molecule has 0 bridgehead atoms. The van der Waals surface area contributed by atoms with Crippen LogP contribution in [0.15, 0.2) is 36.8 Å². The minimum absolute atomic E-state index is 0.106. The first-order valence-electron chi connectivity index (χ1n) is 8.73. The van der Waals surface area contributed by atoms with Crippen LogP contribution in [0.4, 0.5) is 5.95 Å². The van der Waals surface area contributed by atoms with Crippen molar-refractivity contribution in [2.24, 2.45) is 5.41 Å². The molecule has 2 atom stereocenters. The van der Waals surface area contributed by atoms with Crippen LogP contribution in [0.25, 0.3) is 11.3 Å². The summed E-state index contributed by atoms with van der Waals surface area (Å²) in [6.07, 6.45) is 8.14. The van der Waals surface area contributed by atoms with Gasteiger partial charge in [0.25, 0.3) is 0 Å². The zero-order valence-electron chi connectivity index (χ0n) is 15.0. The predicted octanol–water partition coefficient (Wildman–Crippen LogP) is 3.03. The zero-order chi connectivity index (χ0) is 17.9. The highest BCUT2D eigenvalue weighted by Crippen LogP contribution is 2.24. The van der Waals surface area contributed by atoms with Crippen LogP contribution in [0.5, 0.6) is 0 Å². The van der Waals surface area contributed by atoms with Crippen molar-refractivity contribution in [3.05, 3.63) is 36.8 Å². The van der Waals surface area contributed by atoms with Crippen molar-refractivity contribution in [3.63, 3.8) is 0 Å². The molecule has 1 fully saturated rings. The van der Waals surface area contributed by atoms with E-state index in [1.807, 2.05) is 39.0 Å². The van der Waals surface area contributed by atoms with E-state index >= 15 is 0 Å². The SMILES string of the molecule is CC(C)(C)C(=O)N[C@H]1CC[C@H](Nc2nccc(-c3ccncc3)n2)C1. The molecule has 1 saturated carbocycles. The van der Waals surface area contributed by atoms with Crippen molar-refractivity contribution in [1.82, 2.24) is 20.3 Å². The highest BCUT2D eigenvalue weighted by atomic mass is 16.2. The summed E-state index contributed by atoms with van der Waals surface area (Å²) in [5, 5.41) is 6.55.